The first-order chi connectivity index (χ1) is 15.7. The Bertz CT molecular complexity index is 1040. The molecular formula is C24H31IN6O2. The summed E-state index contributed by atoms with van der Waals surface area (Å²) in [6, 6.07) is 14.5. The molecule has 1 saturated heterocycles. The van der Waals surface area contributed by atoms with Crippen LogP contribution in [-0.2, 0) is 17.8 Å². The van der Waals surface area contributed by atoms with E-state index in [2.05, 4.69) is 68.1 Å². The Morgan fingerprint density at radius 3 is 2.85 bits per heavy atom. The Balaban J connectivity index is 0.00000306. The third-order valence-corrected chi connectivity index (χ3v) is 5.47. The lowest BCUT2D eigenvalue weighted by Crippen LogP contribution is -2.36. The van der Waals surface area contributed by atoms with E-state index in [-0.39, 0.29) is 24.0 Å². The van der Waals surface area contributed by atoms with Gasteiger partial charge in [0.2, 0.25) is 0 Å². The largest absolute Gasteiger partial charge is 0.493 e. The van der Waals surface area contributed by atoms with Crippen LogP contribution in [0.25, 0.3) is 11.4 Å². The quantitative estimate of drug-likeness (QED) is 0.220. The van der Waals surface area contributed by atoms with Crippen molar-refractivity contribution in [3.8, 4) is 17.1 Å². The van der Waals surface area contributed by atoms with Crippen LogP contribution in [0.15, 0.2) is 53.8 Å². The second-order valence-corrected chi connectivity index (χ2v) is 7.97. The zero-order valence-corrected chi connectivity index (χ0v) is 21.3. The van der Waals surface area contributed by atoms with Gasteiger partial charge < -0.3 is 20.1 Å². The molecule has 1 aromatic heterocycles. The number of hydrogen-bond acceptors (Lipinski definition) is 5. The Morgan fingerprint density at radius 2 is 2.09 bits per heavy atom. The number of aliphatic imine (C=N–C) groups is 1. The van der Waals surface area contributed by atoms with Crippen molar-refractivity contribution in [2.24, 2.45) is 10.9 Å². The SMILES string of the molecule is CN=C(NCc1cccc(-c2ncn[nH]2)c1)NCc1ccc(C)cc1OCC1CCOC1.I. The van der Waals surface area contributed by atoms with Gasteiger partial charge in [-0.15, -0.1) is 24.0 Å². The first-order valence-electron chi connectivity index (χ1n) is 10.9. The van der Waals surface area contributed by atoms with Gasteiger partial charge in [-0.25, -0.2) is 4.98 Å². The Kier molecular flexibility index (Phi) is 9.49. The number of nitrogens with zero attached hydrogens (tertiary/aromatic N) is 3. The predicted octanol–water partition coefficient (Wildman–Crippen LogP) is 3.68. The van der Waals surface area contributed by atoms with E-state index in [1.54, 1.807) is 7.05 Å². The number of halogens is 1. The molecule has 1 fully saturated rings. The minimum absolute atomic E-state index is 0. The molecule has 4 rings (SSSR count). The second-order valence-electron chi connectivity index (χ2n) is 7.97. The van der Waals surface area contributed by atoms with E-state index in [1.807, 2.05) is 12.1 Å². The molecule has 33 heavy (non-hydrogen) atoms. The monoisotopic (exact) mass is 562 g/mol. The fraction of sp³-hybridized carbons (Fsp3) is 0.375. The standard InChI is InChI=1S/C24H30N6O2.HI/c1-17-6-7-21(22(10-17)32-15-19-8-9-31-14-19)13-27-24(25-2)26-12-18-4-3-5-20(11-18)23-28-16-29-30-23;/h3-7,10-11,16,19H,8-9,12-15H2,1-2H3,(H2,25,26,27)(H,28,29,30);1H. The van der Waals surface area contributed by atoms with Crippen molar-refractivity contribution < 1.29 is 9.47 Å². The van der Waals surface area contributed by atoms with E-state index in [4.69, 9.17) is 9.47 Å². The number of aryl methyl sites for hydroxylation is 1. The highest BCUT2D eigenvalue weighted by Gasteiger charge is 2.17. The molecule has 1 aliphatic heterocycles. The van der Waals surface area contributed by atoms with Crippen molar-refractivity contribution in [1.29, 1.82) is 0 Å². The van der Waals surface area contributed by atoms with Crippen LogP contribution in [0.3, 0.4) is 0 Å². The van der Waals surface area contributed by atoms with Gasteiger partial charge in [0.15, 0.2) is 11.8 Å². The summed E-state index contributed by atoms with van der Waals surface area (Å²) in [6.07, 6.45) is 2.57. The molecule has 1 unspecified atom stereocenters. The zero-order chi connectivity index (χ0) is 22.2. The van der Waals surface area contributed by atoms with Crippen molar-refractivity contribution in [1.82, 2.24) is 25.8 Å². The topological polar surface area (TPSA) is 96.5 Å². The number of rotatable bonds is 8. The van der Waals surface area contributed by atoms with Crippen LogP contribution in [0.1, 0.15) is 23.1 Å². The maximum Gasteiger partial charge on any atom is 0.191 e. The van der Waals surface area contributed by atoms with E-state index in [9.17, 15) is 0 Å². The Hall–Kier alpha value is -2.66. The highest BCUT2D eigenvalue weighted by atomic mass is 127. The molecule has 0 aliphatic carbocycles. The van der Waals surface area contributed by atoms with Gasteiger partial charge in [0.05, 0.1) is 13.2 Å². The van der Waals surface area contributed by atoms with Crippen molar-refractivity contribution in [3.05, 3.63) is 65.5 Å². The summed E-state index contributed by atoms with van der Waals surface area (Å²) in [5.74, 6) is 2.87. The minimum atomic E-state index is 0. The molecule has 9 heteroatoms. The summed E-state index contributed by atoms with van der Waals surface area (Å²) in [7, 11) is 1.77. The van der Waals surface area contributed by atoms with Crippen molar-refractivity contribution in [2.75, 3.05) is 26.9 Å². The number of H-pyrrole nitrogens is 1. The summed E-state index contributed by atoms with van der Waals surface area (Å²) < 4.78 is 11.6. The third-order valence-electron chi connectivity index (χ3n) is 5.47. The molecule has 0 spiro atoms. The van der Waals surface area contributed by atoms with Crippen LogP contribution in [-0.4, -0.2) is 48.0 Å². The number of aromatic nitrogens is 3. The van der Waals surface area contributed by atoms with Gasteiger partial charge >= 0.3 is 0 Å². The fourth-order valence-corrected chi connectivity index (χ4v) is 3.62. The van der Waals surface area contributed by atoms with Gasteiger partial charge in [-0.2, -0.15) is 5.10 Å². The minimum Gasteiger partial charge on any atom is -0.493 e. The van der Waals surface area contributed by atoms with E-state index >= 15 is 0 Å². The summed E-state index contributed by atoms with van der Waals surface area (Å²) in [5, 5.41) is 13.6. The van der Waals surface area contributed by atoms with Gasteiger partial charge in [0.1, 0.15) is 12.1 Å². The first-order valence-corrected chi connectivity index (χ1v) is 10.9. The fourth-order valence-electron chi connectivity index (χ4n) is 3.62. The second kappa shape index (κ2) is 12.5. The average Bonchev–Trinajstić information content (AvgIpc) is 3.53. The number of ether oxygens (including phenoxy) is 2. The van der Waals surface area contributed by atoms with E-state index < -0.39 is 0 Å². The summed E-state index contributed by atoms with van der Waals surface area (Å²) in [4.78, 5) is 8.57. The molecule has 2 heterocycles. The Morgan fingerprint density at radius 1 is 1.21 bits per heavy atom. The molecular weight excluding hydrogens is 531 g/mol. The number of aromatic amines is 1. The first kappa shape index (κ1) is 25.0. The third kappa shape index (κ3) is 7.16. The molecule has 0 saturated carbocycles. The average molecular weight is 562 g/mol. The summed E-state index contributed by atoms with van der Waals surface area (Å²) in [6.45, 7) is 5.64. The Labute approximate surface area is 211 Å². The number of benzene rings is 2. The van der Waals surface area contributed by atoms with Gasteiger partial charge in [-0.05, 0) is 36.6 Å². The van der Waals surface area contributed by atoms with E-state index in [1.165, 1.54) is 11.9 Å². The van der Waals surface area contributed by atoms with Crippen molar-refractivity contribution in [3.63, 3.8) is 0 Å². The van der Waals surface area contributed by atoms with Crippen LogP contribution in [0.4, 0.5) is 0 Å². The number of guanidine groups is 1. The lowest BCUT2D eigenvalue weighted by molar-refractivity contribution is 0.166. The molecule has 1 aliphatic rings. The molecule has 176 valence electrons. The highest BCUT2D eigenvalue weighted by molar-refractivity contribution is 14.0. The number of hydrogen-bond donors (Lipinski definition) is 3. The molecule has 3 aromatic rings. The van der Waals surface area contributed by atoms with Crippen molar-refractivity contribution >= 4 is 29.9 Å². The van der Waals surface area contributed by atoms with Crippen molar-refractivity contribution in [2.45, 2.75) is 26.4 Å². The molecule has 2 aromatic carbocycles. The molecule has 0 bridgehead atoms. The molecule has 8 nitrogen and oxygen atoms in total. The van der Waals surface area contributed by atoms with Crippen LogP contribution < -0.4 is 15.4 Å². The highest BCUT2D eigenvalue weighted by Crippen LogP contribution is 2.22. The van der Waals surface area contributed by atoms with Crippen LogP contribution in [0, 0.1) is 12.8 Å². The molecule has 1 atom stereocenters. The van der Waals surface area contributed by atoms with E-state index in [0.717, 1.165) is 53.9 Å². The smallest absolute Gasteiger partial charge is 0.191 e. The lowest BCUT2D eigenvalue weighted by Gasteiger charge is -2.17. The van der Waals surface area contributed by atoms with Crippen LogP contribution >= 0.6 is 24.0 Å². The van der Waals surface area contributed by atoms with E-state index in [0.29, 0.717) is 25.6 Å². The maximum atomic E-state index is 6.15. The zero-order valence-electron chi connectivity index (χ0n) is 19.0. The van der Waals surface area contributed by atoms with Gasteiger partial charge in [0, 0.05) is 43.8 Å². The maximum absolute atomic E-state index is 6.15. The number of nitrogens with one attached hydrogen (secondary N) is 3. The van der Waals surface area contributed by atoms with Crippen LogP contribution in [0.5, 0.6) is 5.75 Å². The normalized spacial score (nSPS) is 15.7. The lowest BCUT2D eigenvalue weighted by atomic mass is 10.1. The molecule has 3 N–H and O–H groups in total. The molecule has 0 radical (unpaired) electrons. The van der Waals surface area contributed by atoms with Gasteiger partial charge in [-0.3, -0.25) is 10.1 Å². The van der Waals surface area contributed by atoms with Gasteiger partial charge in [0.25, 0.3) is 0 Å². The predicted molar refractivity (Wildman–Crippen MR) is 140 cm³/mol. The van der Waals surface area contributed by atoms with Crippen LogP contribution in [0.2, 0.25) is 0 Å². The summed E-state index contributed by atoms with van der Waals surface area (Å²) in [5.41, 5.74) is 4.41. The van der Waals surface area contributed by atoms with Gasteiger partial charge in [-0.1, -0.05) is 30.3 Å². The molecule has 0 amide bonds. The summed E-state index contributed by atoms with van der Waals surface area (Å²) >= 11 is 0.